The summed E-state index contributed by atoms with van der Waals surface area (Å²) in [5.41, 5.74) is 11.5. The summed E-state index contributed by atoms with van der Waals surface area (Å²) < 4.78 is 8.85. The Morgan fingerprint density at radius 1 is 0.326 bits per heavy atom. The number of nitrogens with zero attached hydrogens (tertiary/aromatic N) is 6. The van der Waals surface area contributed by atoms with Crippen molar-refractivity contribution in [2.75, 3.05) is 0 Å². The lowest BCUT2D eigenvalue weighted by molar-refractivity contribution is -0.689. The number of aromatic nitrogens is 6. The van der Waals surface area contributed by atoms with Gasteiger partial charge in [0.25, 0.3) is 0 Å². The molecular formula is C40H34N6+4. The van der Waals surface area contributed by atoms with Gasteiger partial charge < -0.3 is 0 Å². The van der Waals surface area contributed by atoms with E-state index in [0.29, 0.717) is 0 Å². The van der Waals surface area contributed by atoms with E-state index in [1.54, 1.807) is 0 Å². The summed E-state index contributed by atoms with van der Waals surface area (Å²) in [6, 6.07) is 34.8. The van der Waals surface area contributed by atoms with Crippen molar-refractivity contribution in [2.24, 2.45) is 0 Å². The van der Waals surface area contributed by atoms with Crippen LogP contribution in [0.25, 0.3) is 33.6 Å². The maximum Gasteiger partial charge on any atom is 0.173 e. The number of rotatable bonds is 0. The number of hydrogen-bond acceptors (Lipinski definition) is 2. The average molecular weight is 599 g/mol. The number of pyridine rings is 6. The van der Waals surface area contributed by atoms with Crippen LogP contribution in [0.5, 0.6) is 0 Å². The molecule has 0 fully saturated rings. The highest BCUT2D eigenvalue weighted by Gasteiger charge is 2.12. The molecule has 0 saturated heterocycles. The van der Waals surface area contributed by atoms with Gasteiger partial charge >= 0.3 is 0 Å². The lowest BCUT2D eigenvalue weighted by Crippen LogP contribution is -2.34. The SMILES string of the molecule is c1cc2cc(n1)-c1cc(ccn1)C[n+]1ccc(cc1)-c1cc[n+](cc1)Cc1ccc(cc1)C[n+]1ccc(cc1)-c1cc[n+](cc1)C2. The van der Waals surface area contributed by atoms with Gasteiger partial charge in [-0.05, 0) is 46.5 Å². The minimum absolute atomic E-state index is 0.757. The van der Waals surface area contributed by atoms with Crippen LogP contribution in [0.3, 0.4) is 0 Å². The Kier molecular flexibility index (Phi) is 7.36. The second-order valence-corrected chi connectivity index (χ2v) is 12.0. The summed E-state index contributed by atoms with van der Waals surface area (Å²) in [5.74, 6) is 0. The van der Waals surface area contributed by atoms with E-state index in [2.05, 4.69) is 175 Å². The number of hydrogen-bond donors (Lipinski definition) is 0. The Hall–Kier alpha value is -5.88. The van der Waals surface area contributed by atoms with Gasteiger partial charge in [-0.15, -0.1) is 0 Å². The van der Waals surface area contributed by atoms with Crippen molar-refractivity contribution >= 4 is 0 Å². The predicted molar refractivity (Wildman–Crippen MR) is 175 cm³/mol. The van der Waals surface area contributed by atoms with Crippen molar-refractivity contribution in [1.29, 1.82) is 0 Å². The van der Waals surface area contributed by atoms with Gasteiger partial charge in [0.05, 0.1) is 11.4 Å². The van der Waals surface area contributed by atoms with Crippen LogP contribution in [-0.2, 0) is 26.2 Å². The monoisotopic (exact) mass is 598 g/mol. The van der Waals surface area contributed by atoms with Crippen LogP contribution in [0.4, 0.5) is 0 Å². The van der Waals surface area contributed by atoms with E-state index in [-0.39, 0.29) is 0 Å². The smallest absolute Gasteiger partial charge is 0.173 e. The molecule has 0 radical (unpaired) electrons. The molecule has 220 valence electrons. The quantitative estimate of drug-likeness (QED) is 0.227. The average Bonchev–Trinajstić information content (AvgIpc) is 3.11. The molecule has 8 aliphatic rings. The lowest BCUT2D eigenvalue weighted by atomic mass is 10.1. The Morgan fingerprint density at radius 3 is 0.913 bits per heavy atom. The molecule has 1 aromatic carbocycles. The van der Waals surface area contributed by atoms with Gasteiger partial charge in [0.1, 0.15) is 0 Å². The van der Waals surface area contributed by atoms with Gasteiger partial charge in [0.15, 0.2) is 75.8 Å². The summed E-state index contributed by atoms with van der Waals surface area (Å²) in [4.78, 5) is 9.32. The summed E-state index contributed by atoms with van der Waals surface area (Å²) in [7, 11) is 0. The van der Waals surface area contributed by atoms with Crippen molar-refractivity contribution < 1.29 is 18.3 Å². The first kappa shape index (κ1) is 27.7. The van der Waals surface area contributed by atoms with Gasteiger partial charge in [0, 0.05) is 83.2 Å². The van der Waals surface area contributed by atoms with Gasteiger partial charge in [-0.25, -0.2) is 18.3 Å². The van der Waals surface area contributed by atoms with E-state index in [9.17, 15) is 0 Å². The third-order valence-electron chi connectivity index (χ3n) is 8.63. The van der Waals surface area contributed by atoms with E-state index in [0.717, 1.165) is 37.6 Å². The molecule has 0 atom stereocenters. The molecule has 7 aromatic rings. The van der Waals surface area contributed by atoms with Gasteiger partial charge in [-0.2, -0.15) is 0 Å². The van der Waals surface area contributed by atoms with Crippen LogP contribution < -0.4 is 18.3 Å². The summed E-state index contributed by atoms with van der Waals surface area (Å²) in [5, 5.41) is 0. The molecule has 0 unspecified atom stereocenters. The fourth-order valence-electron chi connectivity index (χ4n) is 6.04. The molecular weight excluding hydrogens is 564 g/mol. The molecule has 8 aliphatic heterocycles. The van der Waals surface area contributed by atoms with Crippen LogP contribution in [0.2, 0.25) is 0 Å². The molecule has 14 heterocycles. The molecule has 46 heavy (non-hydrogen) atoms. The molecule has 14 bridgehead atoms. The largest absolute Gasteiger partial charge is 0.255 e. The highest BCUT2D eigenvalue weighted by molar-refractivity contribution is 5.62. The van der Waals surface area contributed by atoms with E-state index < -0.39 is 0 Å². The Bertz CT molecular complexity index is 1950. The third kappa shape index (κ3) is 6.19. The molecule has 6 aromatic heterocycles. The van der Waals surface area contributed by atoms with E-state index in [1.807, 2.05) is 12.4 Å². The molecule has 0 saturated carbocycles. The second-order valence-electron chi connectivity index (χ2n) is 12.0. The number of benzene rings is 1. The first-order valence-electron chi connectivity index (χ1n) is 15.7. The molecule has 0 N–H and O–H groups in total. The number of fused-ring (bicyclic) bond motifs is 1. The maximum atomic E-state index is 4.66. The van der Waals surface area contributed by atoms with Crippen molar-refractivity contribution in [1.82, 2.24) is 9.97 Å². The summed E-state index contributed by atoms with van der Waals surface area (Å²) >= 11 is 0. The van der Waals surface area contributed by atoms with Gasteiger partial charge in [-0.3, -0.25) is 9.97 Å². The highest BCUT2D eigenvalue weighted by Crippen LogP contribution is 2.19. The van der Waals surface area contributed by atoms with Crippen molar-refractivity contribution in [3.05, 3.63) is 181 Å². The minimum Gasteiger partial charge on any atom is -0.255 e. The lowest BCUT2D eigenvalue weighted by Gasteiger charge is -2.06. The summed E-state index contributed by atoms with van der Waals surface area (Å²) in [6.45, 7) is 3.18. The Morgan fingerprint density at radius 2 is 0.609 bits per heavy atom. The topological polar surface area (TPSA) is 41.3 Å². The second kappa shape index (κ2) is 12.3. The van der Waals surface area contributed by atoms with E-state index >= 15 is 0 Å². The molecule has 6 nitrogen and oxygen atoms in total. The minimum atomic E-state index is 0.757. The fraction of sp³-hybridized carbons (Fsp3) is 0.100. The standard InChI is InChI=1S/C40H34N6/c1-2-32-4-3-31(1)27-43-17-7-35(8-18-43)37-11-21-45(22-12-37)29-33-5-15-41-39(25-33)40-26-34(6-16-42-40)30-46-23-13-38(14-24-46)36-9-19-44(28-32)20-10-36/h1-26H,27-30H2/q+4. The molecule has 15 rings (SSSR count). The Labute approximate surface area is 268 Å². The first-order chi connectivity index (χ1) is 22.7. The van der Waals surface area contributed by atoms with Crippen LogP contribution in [0, 0.1) is 0 Å². The van der Waals surface area contributed by atoms with Crippen LogP contribution >= 0.6 is 0 Å². The van der Waals surface area contributed by atoms with Crippen LogP contribution in [-0.4, -0.2) is 9.97 Å². The van der Waals surface area contributed by atoms with Crippen LogP contribution in [0.15, 0.2) is 159 Å². The zero-order chi connectivity index (χ0) is 30.7. The van der Waals surface area contributed by atoms with Crippen LogP contribution in [0.1, 0.15) is 22.3 Å². The highest BCUT2D eigenvalue weighted by atomic mass is 14.9. The van der Waals surface area contributed by atoms with Gasteiger partial charge in [0.2, 0.25) is 0 Å². The molecule has 0 spiro atoms. The van der Waals surface area contributed by atoms with Gasteiger partial charge in [-0.1, -0.05) is 24.3 Å². The molecule has 0 aliphatic carbocycles. The summed E-state index contributed by atoms with van der Waals surface area (Å²) in [6.07, 6.45) is 21.0. The Balaban J connectivity index is 1.12. The zero-order valence-electron chi connectivity index (χ0n) is 25.5. The maximum absolute atomic E-state index is 4.66. The van der Waals surface area contributed by atoms with E-state index in [1.165, 1.54) is 44.5 Å². The van der Waals surface area contributed by atoms with Crippen molar-refractivity contribution in [2.45, 2.75) is 26.2 Å². The predicted octanol–water partition coefficient (Wildman–Crippen LogP) is 5.13. The molecule has 0 amide bonds. The normalized spacial score (nSPS) is 12.4. The fourth-order valence-corrected chi connectivity index (χ4v) is 6.04. The van der Waals surface area contributed by atoms with Crippen molar-refractivity contribution in [3.63, 3.8) is 0 Å². The third-order valence-corrected chi connectivity index (χ3v) is 8.63. The zero-order valence-corrected chi connectivity index (χ0v) is 25.5. The van der Waals surface area contributed by atoms with E-state index in [4.69, 9.17) is 0 Å². The molecule has 6 heteroatoms. The first-order valence-corrected chi connectivity index (χ1v) is 15.7. The van der Waals surface area contributed by atoms with Crippen molar-refractivity contribution in [3.8, 4) is 33.6 Å².